The van der Waals surface area contributed by atoms with Gasteiger partial charge in [0, 0.05) is 31.6 Å². The van der Waals surface area contributed by atoms with Gasteiger partial charge < -0.3 is 10.2 Å². The van der Waals surface area contributed by atoms with E-state index in [1.165, 1.54) is 0 Å². The van der Waals surface area contributed by atoms with Crippen LogP contribution in [-0.2, 0) is 16.4 Å². The van der Waals surface area contributed by atoms with Crippen LogP contribution < -0.4 is 5.32 Å². The molecule has 1 aromatic carbocycles. The number of rotatable bonds is 5. The highest BCUT2D eigenvalue weighted by Gasteiger charge is 2.28. The van der Waals surface area contributed by atoms with Crippen LogP contribution in [0.3, 0.4) is 0 Å². The summed E-state index contributed by atoms with van der Waals surface area (Å²) in [7, 11) is -1.17. The van der Waals surface area contributed by atoms with Crippen LogP contribution in [0.1, 0.15) is 19.3 Å². The average Bonchev–Trinajstić information content (AvgIpc) is 3.01. The summed E-state index contributed by atoms with van der Waals surface area (Å²) in [6, 6.07) is 7.89. The molecule has 8 heteroatoms. The SMILES string of the molecule is CN(C(=O)NCCCn1ncc2ccccc21)C1CCS(=O)(=O)CC1. The molecule has 1 fully saturated rings. The quantitative estimate of drug-likeness (QED) is 0.818. The lowest BCUT2D eigenvalue weighted by Crippen LogP contribution is -2.47. The zero-order chi connectivity index (χ0) is 17.9. The molecule has 2 aromatic rings. The average molecular weight is 364 g/mol. The number of carbonyl (C=O) groups excluding carboxylic acids is 1. The first-order valence-electron chi connectivity index (χ1n) is 8.58. The van der Waals surface area contributed by atoms with Crippen molar-refractivity contribution in [2.45, 2.75) is 31.8 Å². The molecule has 7 nitrogen and oxygen atoms in total. The smallest absolute Gasteiger partial charge is 0.317 e. The topological polar surface area (TPSA) is 84.3 Å². The van der Waals surface area contributed by atoms with Crippen molar-refractivity contribution in [3.63, 3.8) is 0 Å². The summed E-state index contributed by atoms with van der Waals surface area (Å²) in [5.74, 6) is 0.337. The Morgan fingerprint density at radius 2 is 2.04 bits per heavy atom. The number of urea groups is 1. The van der Waals surface area contributed by atoms with Crippen LogP contribution in [0, 0.1) is 0 Å². The fraction of sp³-hybridized carbons (Fsp3) is 0.529. The lowest BCUT2D eigenvalue weighted by molar-refractivity contribution is 0.185. The number of aromatic nitrogens is 2. The van der Waals surface area contributed by atoms with E-state index < -0.39 is 9.84 Å². The monoisotopic (exact) mass is 364 g/mol. The fourth-order valence-corrected chi connectivity index (χ4v) is 4.65. The minimum absolute atomic E-state index is 0.00131. The fourth-order valence-electron chi connectivity index (χ4n) is 3.18. The van der Waals surface area contributed by atoms with E-state index in [1.807, 2.05) is 35.1 Å². The Morgan fingerprint density at radius 1 is 1.32 bits per heavy atom. The summed E-state index contributed by atoms with van der Waals surface area (Å²) < 4.78 is 24.9. The normalized spacial score (nSPS) is 17.5. The van der Waals surface area contributed by atoms with Crippen LogP contribution in [-0.4, -0.2) is 60.3 Å². The summed E-state index contributed by atoms with van der Waals surface area (Å²) in [4.78, 5) is 13.9. The molecule has 0 spiro atoms. The van der Waals surface area contributed by atoms with Gasteiger partial charge in [-0.25, -0.2) is 13.2 Å². The predicted molar refractivity (Wildman–Crippen MR) is 97.2 cm³/mol. The molecule has 0 aliphatic carbocycles. The van der Waals surface area contributed by atoms with E-state index >= 15 is 0 Å². The van der Waals surface area contributed by atoms with Crippen molar-refractivity contribution in [2.24, 2.45) is 0 Å². The Bertz CT molecular complexity index is 832. The Balaban J connectivity index is 1.43. The van der Waals surface area contributed by atoms with Crippen molar-refractivity contribution in [1.82, 2.24) is 20.0 Å². The molecule has 0 unspecified atom stereocenters. The van der Waals surface area contributed by atoms with Crippen LogP contribution in [0.2, 0.25) is 0 Å². The maximum absolute atomic E-state index is 12.2. The van der Waals surface area contributed by atoms with E-state index in [0.29, 0.717) is 19.4 Å². The second-order valence-corrected chi connectivity index (χ2v) is 8.81. The van der Waals surface area contributed by atoms with Gasteiger partial charge in [-0.1, -0.05) is 18.2 Å². The third-order valence-corrected chi connectivity index (χ3v) is 6.48. The number of nitrogens with zero attached hydrogens (tertiary/aromatic N) is 3. The second kappa shape index (κ2) is 7.43. The molecule has 0 bridgehead atoms. The molecule has 25 heavy (non-hydrogen) atoms. The van der Waals surface area contributed by atoms with Crippen molar-refractivity contribution in [2.75, 3.05) is 25.1 Å². The Labute approximate surface area is 147 Å². The lowest BCUT2D eigenvalue weighted by atomic mass is 10.1. The molecule has 0 saturated carbocycles. The van der Waals surface area contributed by atoms with Crippen LogP contribution in [0.25, 0.3) is 10.9 Å². The number of nitrogens with one attached hydrogen (secondary N) is 1. The summed E-state index contributed by atoms with van der Waals surface area (Å²) in [5.41, 5.74) is 1.09. The molecule has 2 heterocycles. The van der Waals surface area contributed by atoms with Crippen molar-refractivity contribution in [3.8, 4) is 0 Å². The largest absolute Gasteiger partial charge is 0.338 e. The number of fused-ring (bicyclic) bond motifs is 1. The van der Waals surface area contributed by atoms with Gasteiger partial charge in [-0.15, -0.1) is 0 Å². The number of amides is 2. The number of hydrogen-bond acceptors (Lipinski definition) is 4. The number of aryl methyl sites for hydroxylation is 1. The maximum Gasteiger partial charge on any atom is 0.317 e. The molecule has 0 atom stereocenters. The van der Waals surface area contributed by atoms with Gasteiger partial charge in [0.15, 0.2) is 0 Å². The third-order valence-electron chi connectivity index (χ3n) is 4.77. The van der Waals surface area contributed by atoms with Crippen LogP contribution in [0.5, 0.6) is 0 Å². The van der Waals surface area contributed by atoms with E-state index in [9.17, 15) is 13.2 Å². The van der Waals surface area contributed by atoms with E-state index in [4.69, 9.17) is 0 Å². The summed E-state index contributed by atoms with van der Waals surface area (Å²) in [5, 5.41) is 8.39. The number of benzene rings is 1. The molecular weight excluding hydrogens is 340 g/mol. The molecule has 136 valence electrons. The van der Waals surface area contributed by atoms with E-state index in [2.05, 4.69) is 10.4 Å². The summed E-state index contributed by atoms with van der Waals surface area (Å²) in [6.07, 6.45) is 3.67. The molecule has 1 saturated heterocycles. The third kappa shape index (κ3) is 4.31. The summed E-state index contributed by atoms with van der Waals surface area (Å²) >= 11 is 0. The minimum Gasteiger partial charge on any atom is -0.338 e. The van der Waals surface area contributed by atoms with Gasteiger partial charge >= 0.3 is 6.03 Å². The van der Waals surface area contributed by atoms with E-state index in [-0.39, 0.29) is 23.6 Å². The van der Waals surface area contributed by atoms with E-state index in [1.54, 1.807) is 11.9 Å². The Morgan fingerprint density at radius 3 is 2.80 bits per heavy atom. The van der Waals surface area contributed by atoms with Gasteiger partial charge in [-0.2, -0.15) is 5.10 Å². The highest BCUT2D eigenvalue weighted by atomic mass is 32.2. The summed E-state index contributed by atoms with van der Waals surface area (Å²) in [6.45, 7) is 1.29. The molecule has 1 aromatic heterocycles. The van der Waals surface area contributed by atoms with Gasteiger partial charge in [0.05, 0.1) is 23.2 Å². The Kier molecular flexibility index (Phi) is 5.27. The first kappa shape index (κ1) is 17.7. The minimum atomic E-state index is -2.91. The van der Waals surface area contributed by atoms with Crippen molar-refractivity contribution in [1.29, 1.82) is 0 Å². The van der Waals surface area contributed by atoms with Crippen molar-refractivity contribution < 1.29 is 13.2 Å². The van der Waals surface area contributed by atoms with Crippen LogP contribution in [0.4, 0.5) is 4.79 Å². The molecule has 0 radical (unpaired) electrons. The van der Waals surface area contributed by atoms with Crippen LogP contribution in [0.15, 0.2) is 30.5 Å². The molecule has 1 aliphatic rings. The molecule has 3 rings (SSSR count). The molecule has 1 N–H and O–H groups in total. The molecule has 2 amide bonds. The number of carbonyl (C=O) groups is 1. The highest BCUT2D eigenvalue weighted by molar-refractivity contribution is 7.91. The molecule has 1 aliphatic heterocycles. The first-order chi connectivity index (χ1) is 12.0. The number of para-hydroxylation sites is 1. The highest BCUT2D eigenvalue weighted by Crippen LogP contribution is 2.17. The lowest BCUT2D eigenvalue weighted by Gasteiger charge is -2.31. The van der Waals surface area contributed by atoms with Gasteiger partial charge in [-0.05, 0) is 25.3 Å². The van der Waals surface area contributed by atoms with E-state index in [0.717, 1.165) is 23.9 Å². The Hall–Kier alpha value is -2.09. The zero-order valence-electron chi connectivity index (χ0n) is 14.4. The standard InChI is InChI=1S/C17H24N4O3S/c1-20(15-7-11-25(23,24)12-8-15)17(22)18-9-4-10-21-16-6-3-2-5-14(16)13-19-21/h2-3,5-6,13,15H,4,7-12H2,1H3,(H,18,22). The molecular formula is C17H24N4O3S. The van der Waals surface area contributed by atoms with Gasteiger partial charge in [0.1, 0.15) is 9.84 Å². The van der Waals surface area contributed by atoms with Crippen LogP contribution >= 0.6 is 0 Å². The second-order valence-electron chi connectivity index (χ2n) is 6.51. The van der Waals surface area contributed by atoms with Gasteiger partial charge in [-0.3, -0.25) is 4.68 Å². The van der Waals surface area contributed by atoms with Crippen molar-refractivity contribution in [3.05, 3.63) is 30.5 Å². The predicted octanol–water partition coefficient (Wildman–Crippen LogP) is 1.64. The number of hydrogen-bond donors (Lipinski definition) is 1. The first-order valence-corrected chi connectivity index (χ1v) is 10.4. The zero-order valence-corrected chi connectivity index (χ0v) is 15.2. The maximum atomic E-state index is 12.2. The van der Waals surface area contributed by atoms with Gasteiger partial charge in [0.2, 0.25) is 0 Å². The number of sulfone groups is 1. The van der Waals surface area contributed by atoms with Gasteiger partial charge in [0.25, 0.3) is 0 Å². The van der Waals surface area contributed by atoms with Crippen molar-refractivity contribution >= 4 is 26.8 Å².